The zero-order chi connectivity index (χ0) is 21.3. The molecule has 1 atom stereocenters. The molecule has 0 fully saturated rings. The fourth-order valence-electron chi connectivity index (χ4n) is 2.81. The summed E-state index contributed by atoms with van der Waals surface area (Å²) in [4.78, 5) is 25.2. The molecule has 0 unspecified atom stereocenters. The fraction of sp³-hybridized carbons (Fsp3) is 0.600. The lowest BCUT2D eigenvalue weighted by Gasteiger charge is -2.26. The Hall–Kier alpha value is -2.32. The number of ether oxygens (including phenoxy) is 1. The minimum absolute atomic E-state index is 0.0505. The number of anilines is 1. The number of benzene rings is 1. The van der Waals surface area contributed by atoms with Crippen molar-refractivity contribution in [1.29, 1.82) is 0 Å². The monoisotopic (exact) mass is 396 g/mol. The minimum atomic E-state index is -1.02. The predicted octanol–water partition coefficient (Wildman–Crippen LogP) is 1.70. The number of alkyl carbamates (subject to hydrolysis) is 1. The quantitative estimate of drug-likeness (QED) is 0.475. The number of aliphatic carboxylic acids is 1. The average molecular weight is 396 g/mol. The van der Waals surface area contributed by atoms with Crippen molar-refractivity contribution in [2.24, 2.45) is 0 Å². The van der Waals surface area contributed by atoms with E-state index in [2.05, 4.69) is 5.32 Å². The van der Waals surface area contributed by atoms with Crippen LogP contribution in [0.25, 0.3) is 0 Å². The molecule has 8 heteroatoms. The number of nitrogens with zero attached hydrogens (tertiary/aromatic N) is 1. The maximum absolute atomic E-state index is 12.1. The van der Waals surface area contributed by atoms with Crippen molar-refractivity contribution in [3.05, 3.63) is 29.3 Å². The molecule has 0 saturated carbocycles. The molecule has 28 heavy (non-hydrogen) atoms. The molecular weight excluding hydrogens is 364 g/mol. The first-order chi connectivity index (χ1) is 13.1. The first-order valence-corrected chi connectivity index (χ1v) is 9.33. The Morgan fingerprint density at radius 2 is 1.79 bits per heavy atom. The Morgan fingerprint density at radius 1 is 1.18 bits per heavy atom. The lowest BCUT2D eigenvalue weighted by atomic mass is 9.98. The summed E-state index contributed by atoms with van der Waals surface area (Å²) < 4.78 is 5.24. The summed E-state index contributed by atoms with van der Waals surface area (Å²) in [5.41, 5.74) is 1.97. The van der Waals surface area contributed by atoms with E-state index in [1.54, 1.807) is 20.8 Å². The Bertz CT molecular complexity index is 651. The predicted molar refractivity (Wildman–Crippen MR) is 107 cm³/mol. The molecule has 1 aromatic carbocycles. The van der Waals surface area contributed by atoms with Gasteiger partial charge >= 0.3 is 12.1 Å². The van der Waals surface area contributed by atoms with Gasteiger partial charge in [0.05, 0.1) is 19.6 Å². The molecule has 0 heterocycles. The number of carboxylic acid groups (broad SMARTS) is 1. The molecule has 1 amide bonds. The van der Waals surface area contributed by atoms with Crippen LogP contribution in [0, 0.1) is 6.92 Å². The van der Waals surface area contributed by atoms with Crippen LogP contribution in [0.5, 0.6) is 0 Å². The maximum Gasteiger partial charge on any atom is 0.407 e. The molecular formula is C20H32N2O6. The van der Waals surface area contributed by atoms with Gasteiger partial charge in [0, 0.05) is 24.8 Å². The van der Waals surface area contributed by atoms with Crippen LogP contribution in [0.2, 0.25) is 0 Å². The van der Waals surface area contributed by atoms with Crippen LogP contribution in [-0.2, 0) is 16.0 Å². The lowest BCUT2D eigenvalue weighted by molar-refractivity contribution is -0.137. The van der Waals surface area contributed by atoms with Gasteiger partial charge in [-0.3, -0.25) is 4.79 Å². The van der Waals surface area contributed by atoms with Gasteiger partial charge in [0.15, 0.2) is 0 Å². The van der Waals surface area contributed by atoms with Crippen molar-refractivity contribution >= 4 is 17.7 Å². The van der Waals surface area contributed by atoms with E-state index in [9.17, 15) is 24.9 Å². The molecule has 4 N–H and O–H groups in total. The summed E-state index contributed by atoms with van der Waals surface area (Å²) >= 11 is 0. The highest BCUT2D eigenvalue weighted by Gasteiger charge is 2.22. The highest BCUT2D eigenvalue weighted by atomic mass is 16.6. The van der Waals surface area contributed by atoms with Crippen LogP contribution >= 0.6 is 0 Å². The van der Waals surface area contributed by atoms with Crippen molar-refractivity contribution in [1.82, 2.24) is 5.32 Å². The van der Waals surface area contributed by atoms with E-state index >= 15 is 0 Å². The number of rotatable bonds is 10. The number of aliphatic hydroxyl groups is 2. The Balaban J connectivity index is 3.01. The van der Waals surface area contributed by atoms with Gasteiger partial charge in [0.2, 0.25) is 0 Å². The van der Waals surface area contributed by atoms with Crippen molar-refractivity contribution in [2.45, 2.75) is 52.2 Å². The first-order valence-electron chi connectivity index (χ1n) is 9.33. The minimum Gasteiger partial charge on any atom is -0.481 e. The van der Waals surface area contributed by atoms with Crippen LogP contribution in [-0.4, -0.2) is 65.3 Å². The number of hydrogen-bond acceptors (Lipinski definition) is 6. The van der Waals surface area contributed by atoms with Crippen LogP contribution in [0.1, 0.15) is 38.3 Å². The normalized spacial score (nSPS) is 12.4. The number of carbonyl (C=O) groups excluding carboxylic acids is 1. The summed E-state index contributed by atoms with van der Waals surface area (Å²) in [6, 6.07) is 5.05. The number of aryl methyl sites for hydroxylation is 1. The van der Waals surface area contributed by atoms with Crippen LogP contribution < -0.4 is 10.2 Å². The molecule has 0 bridgehead atoms. The molecule has 0 aliphatic heterocycles. The van der Waals surface area contributed by atoms with Crippen LogP contribution in [0.15, 0.2) is 18.2 Å². The first kappa shape index (κ1) is 23.7. The van der Waals surface area contributed by atoms with Gasteiger partial charge in [0.25, 0.3) is 0 Å². The molecule has 0 aliphatic rings. The molecule has 0 spiro atoms. The third kappa shape index (κ3) is 8.58. The highest BCUT2D eigenvalue weighted by Crippen LogP contribution is 2.21. The molecule has 0 saturated heterocycles. The number of nitrogens with one attached hydrogen (secondary N) is 1. The summed E-state index contributed by atoms with van der Waals surface area (Å²) in [6.07, 6.45) is -0.577. The van der Waals surface area contributed by atoms with E-state index in [-0.39, 0.29) is 19.6 Å². The maximum atomic E-state index is 12.1. The van der Waals surface area contributed by atoms with Gasteiger partial charge in [-0.1, -0.05) is 6.07 Å². The van der Waals surface area contributed by atoms with Gasteiger partial charge in [-0.05, 0) is 57.4 Å². The second kappa shape index (κ2) is 10.9. The number of aliphatic hydroxyl groups excluding tert-OH is 2. The number of carboxylic acids is 1. The highest BCUT2D eigenvalue weighted by molar-refractivity contribution is 5.71. The number of hydrogen-bond donors (Lipinski definition) is 4. The standard InChI is InChI=1S/C20H32N2O6/c1-14-5-6-17(22(7-9-23)8-10-24)12-15(14)11-16(13-18(25)26)21-19(27)28-20(2,3)4/h5-6,12,16,23-24H,7-11,13H2,1-4H3,(H,21,27)(H,25,26)/t16-/m1/s1. The SMILES string of the molecule is Cc1ccc(N(CCO)CCO)cc1C[C@H](CC(=O)O)NC(=O)OC(C)(C)C. The lowest BCUT2D eigenvalue weighted by Crippen LogP contribution is -2.41. The summed E-state index contributed by atoms with van der Waals surface area (Å²) in [6.45, 7) is 7.77. The van der Waals surface area contributed by atoms with Gasteiger partial charge in [-0.25, -0.2) is 4.79 Å². The van der Waals surface area contributed by atoms with Gasteiger partial charge in [-0.15, -0.1) is 0 Å². The van der Waals surface area contributed by atoms with E-state index < -0.39 is 23.7 Å². The molecule has 8 nitrogen and oxygen atoms in total. The second-order valence-electron chi connectivity index (χ2n) is 7.69. The zero-order valence-corrected chi connectivity index (χ0v) is 17.1. The average Bonchev–Trinajstić information content (AvgIpc) is 2.54. The van der Waals surface area contributed by atoms with E-state index in [1.807, 2.05) is 30.0 Å². The number of amides is 1. The Morgan fingerprint density at radius 3 is 2.29 bits per heavy atom. The van der Waals surface area contributed by atoms with Crippen molar-refractivity contribution in [3.63, 3.8) is 0 Å². The fourth-order valence-corrected chi connectivity index (χ4v) is 2.81. The molecule has 0 aromatic heterocycles. The van der Waals surface area contributed by atoms with Crippen LogP contribution in [0.3, 0.4) is 0 Å². The van der Waals surface area contributed by atoms with Crippen molar-refractivity contribution in [2.75, 3.05) is 31.2 Å². The second-order valence-corrected chi connectivity index (χ2v) is 7.69. The summed E-state index contributed by atoms with van der Waals surface area (Å²) in [5, 5.41) is 30.3. The summed E-state index contributed by atoms with van der Waals surface area (Å²) in [5.74, 6) is -1.02. The van der Waals surface area contributed by atoms with Gasteiger partial charge in [-0.2, -0.15) is 0 Å². The van der Waals surface area contributed by atoms with Gasteiger partial charge in [0.1, 0.15) is 5.60 Å². The van der Waals surface area contributed by atoms with Crippen molar-refractivity contribution < 1.29 is 29.6 Å². The van der Waals surface area contributed by atoms with Gasteiger partial charge < -0.3 is 30.3 Å². The molecule has 158 valence electrons. The largest absolute Gasteiger partial charge is 0.481 e. The third-order valence-electron chi connectivity index (χ3n) is 4.05. The van der Waals surface area contributed by atoms with E-state index in [0.717, 1.165) is 16.8 Å². The molecule has 0 radical (unpaired) electrons. The smallest absolute Gasteiger partial charge is 0.407 e. The van der Waals surface area contributed by atoms with E-state index in [1.165, 1.54) is 0 Å². The Kier molecular flexibility index (Phi) is 9.21. The van der Waals surface area contributed by atoms with Crippen molar-refractivity contribution in [3.8, 4) is 0 Å². The topological polar surface area (TPSA) is 119 Å². The van der Waals surface area contributed by atoms with E-state index in [4.69, 9.17) is 4.74 Å². The van der Waals surface area contributed by atoms with E-state index in [0.29, 0.717) is 19.5 Å². The Labute approximate surface area is 166 Å². The molecule has 1 aromatic rings. The number of carbonyl (C=O) groups is 2. The summed E-state index contributed by atoms with van der Waals surface area (Å²) in [7, 11) is 0. The molecule has 1 rings (SSSR count). The third-order valence-corrected chi connectivity index (χ3v) is 4.05. The van der Waals surface area contributed by atoms with Crippen LogP contribution in [0.4, 0.5) is 10.5 Å². The zero-order valence-electron chi connectivity index (χ0n) is 17.1. The molecule has 0 aliphatic carbocycles.